The Labute approximate surface area is 109 Å². The Morgan fingerprint density at radius 3 is 2.72 bits per heavy atom. The van der Waals surface area contributed by atoms with Gasteiger partial charge in [-0.2, -0.15) is 5.10 Å². The van der Waals surface area contributed by atoms with Crippen LogP contribution in [-0.2, 0) is 0 Å². The molecule has 1 aliphatic heterocycles. The molecule has 2 aliphatic rings. The third-order valence-electron chi connectivity index (χ3n) is 4.07. The highest BCUT2D eigenvalue weighted by molar-refractivity contribution is 5.12. The Kier molecular flexibility index (Phi) is 3.84. The molecule has 4 nitrogen and oxygen atoms in total. The first-order valence-electron chi connectivity index (χ1n) is 7.36. The first-order chi connectivity index (χ1) is 8.92. The van der Waals surface area contributed by atoms with Crippen molar-refractivity contribution in [2.24, 2.45) is 0 Å². The lowest BCUT2D eigenvalue weighted by molar-refractivity contribution is 0.132. The maximum Gasteiger partial charge on any atom is 0.159 e. The molecule has 0 radical (unpaired) electrons. The van der Waals surface area contributed by atoms with E-state index in [9.17, 15) is 0 Å². The molecule has 100 valence electrons. The molecule has 1 saturated heterocycles. The van der Waals surface area contributed by atoms with Crippen molar-refractivity contribution in [3.05, 3.63) is 12.4 Å². The normalized spacial score (nSPS) is 26.1. The minimum absolute atomic E-state index is 0.183. The first kappa shape index (κ1) is 12.0. The summed E-state index contributed by atoms with van der Waals surface area (Å²) in [6.45, 7) is 1.07. The van der Waals surface area contributed by atoms with Gasteiger partial charge in [0.1, 0.15) is 6.23 Å². The molecule has 3 rings (SSSR count). The van der Waals surface area contributed by atoms with E-state index in [0.29, 0.717) is 6.04 Å². The van der Waals surface area contributed by atoms with E-state index in [1.165, 1.54) is 44.9 Å². The van der Waals surface area contributed by atoms with E-state index < -0.39 is 0 Å². The molecule has 1 atom stereocenters. The van der Waals surface area contributed by atoms with Crippen molar-refractivity contribution in [2.75, 3.05) is 6.54 Å². The molecule has 0 aromatic carbocycles. The largest absolute Gasteiger partial charge is 0.472 e. The lowest BCUT2D eigenvalue weighted by atomic mass is 9.96. The van der Waals surface area contributed by atoms with Crippen molar-refractivity contribution >= 4 is 0 Å². The average Bonchev–Trinajstić information content (AvgIpc) is 2.89. The van der Waals surface area contributed by atoms with Crippen molar-refractivity contribution in [3.63, 3.8) is 0 Å². The molecule has 0 amide bonds. The summed E-state index contributed by atoms with van der Waals surface area (Å²) in [6.07, 6.45) is 14.3. The van der Waals surface area contributed by atoms with E-state index in [4.69, 9.17) is 4.74 Å². The second-order valence-electron chi connectivity index (χ2n) is 5.50. The quantitative estimate of drug-likeness (QED) is 0.895. The van der Waals surface area contributed by atoms with Crippen LogP contribution in [0.4, 0.5) is 0 Å². The Morgan fingerprint density at radius 2 is 1.94 bits per heavy atom. The zero-order valence-electron chi connectivity index (χ0n) is 11.0. The smallest absolute Gasteiger partial charge is 0.159 e. The van der Waals surface area contributed by atoms with E-state index >= 15 is 0 Å². The SMILES string of the molecule is c1nn(C2CCCCC2)cc1OC1CCCCN1. The van der Waals surface area contributed by atoms with Crippen LogP contribution in [0.5, 0.6) is 5.75 Å². The van der Waals surface area contributed by atoms with Gasteiger partial charge in [-0.25, -0.2) is 0 Å². The summed E-state index contributed by atoms with van der Waals surface area (Å²) in [4.78, 5) is 0. The fourth-order valence-electron chi connectivity index (χ4n) is 3.01. The lowest BCUT2D eigenvalue weighted by Gasteiger charge is -2.24. The number of hydrogen-bond acceptors (Lipinski definition) is 3. The molecule has 2 fully saturated rings. The minimum Gasteiger partial charge on any atom is -0.472 e. The van der Waals surface area contributed by atoms with Crippen LogP contribution >= 0.6 is 0 Å². The fourth-order valence-corrected chi connectivity index (χ4v) is 3.01. The topological polar surface area (TPSA) is 39.1 Å². The van der Waals surface area contributed by atoms with E-state index in [0.717, 1.165) is 18.7 Å². The van der Waals surface area contributed by atoms with Gasteiger partial charge in [-0.05, 0) is 38.6 Å². The summed E-state index contributed by atoms with van der Waals surface area (Å²) in [5, 5.41) is 7.87. The molecule has 4 heteroatoms. The first-order valence-corrected chi connectivity index (χ1v) is 7.36. The molecule has 1 saturated carbocycles. The van der Waals surface area contributed by atoms with Crippen LogP contribution in [0.1, 0.15) is 57.4 Å². The van der Waals surface area contributed by atoms with Crippen LogP contribution in [0.2, 0.25) is 0 Å². The van der Waals surface area contributed by atoms with Crippen molar-refractivity contribution in [1.82, 2.24) is 15.1 Å². The average molecular weight is 249 g/mol. The summed E-state index contributed by atoms with van der Waals surface area (Å²) < 4.78 is 8.04. The number of rotatable bonds is 3. The molecule has 18 heavy (non-hydrogen) atoms. The van der Waals surface area contributed by atoms with Gasteiger partial charge in [0.05, 0.1) is 18.4 Å². The van der Waals surface area contributed by atoms with Gasteiger partial charge in [0.25, 0.3) is 0 Å². The van der Waals surface area contributed by atoms with Gasteiger partial charge in [0.2, 0.25) is 0 Å². The molecular weight excluding hydrogens is 226 g/mol. The highest BCUT2D eigenvalue weighted by Gasteiger charge is 2.18. The number of nitrogens with one attached hydrogen (secondary N) is 1. The predicted molar refractivity (Wildman–Crippen MR) is 70.6 cm³/mol. The van der Waals surface area contributed by atoms with Gasteiger partial charge in [-0.15, -0.1) is 0 Å². The highest BCUT2D eigenvalue weighted by atomic mass is 16.5. The Hall–Kier alpha value is -1.03. The molecule has 1 N–H and O–H groups in total. The van der Waals surface area contributed by atoms with Crippen LogP contribution in [0.25, 0.3) is 0 Å². The van der Waals surface area contributed by atoms with Crippen LogP contribution in [0, 0.1) is 0 Å². The van der Waals surface area contributed by atoms with Crippen molar-refractivity contribution < 1.29 is 4.74 Å². The van der Waals surface area contributed by atoms with Crippen LogP contribution in [-0.4, -0.2) is 22.6 Å². The van der Waals surface area contributed by atoms with Crippen molar-refractivity contribution in [3.8, 4) is 5.75 Å². The van der Waals surface area contributed by atoms with E-state index in [1.807, 2.05) is 6.20 Å². The predicted octanol–water partition coefficient (Wildman–Crippen LogP) is 2.87. The van der Waals surface area contributed by atoms with Gasteiger partial charge >= 0.3 is 0 Å². The van der Waals surface area contributed by atoms with Crippen LogP contribution in [0.3, 0.4) is 0 Å². The van der Waals surface area contributed by atoms with Gasteiger partial charge in [-0.1, -0.05) is 19.3 Å². The maximum absolute atomic E-state index is 5.93. The number of piperidine rings is 1. The Morgan fingerprint density at radius 1 is 1.11 bits per heavy atom. The van der Waals surface area contributed by atoms with Gasteiger partial charge in [0, 0.05) is 0 Å². The van der Waals surface area contributed by atoms with Crippen molar-refractivity contribution in [2.45, 2.75) is 63.6 Å². The second kappa shape index (κ2) is 5.74. The Bertz CT molecular complexity index is 365. The van der Waals surface area contributed by atoms with Crippen molar-refractivity contribution in [1.29, 1.82) is 0 Å². The van der Waals surface area contributed by atoms with Gasteiger partial charge < -0.3 is 4.74 Å². The zero-order chi connectivity index (χ0) is 12.2. The maximum atomic E-state index is 5.93. The number of hydrogen-bond donors (Lipinski definition) is 1. The molecule has 1 aromatic heterocycles. The molecule has 0 bridgehead atoms. The monoisotopic (exact) mass is 249 g/mol. The van der Waals surface area contributed by atoms with E-state index in [2.05, 4.69) is 21.3 Å². The summed E-state index contributed by atoms with van der Waals surface area (Å²) in [7, 11) is 0. The summed E-state index contributed by atoms with van der Waals surface area (Å²) in [5.74, 6) is 0.917. The number of nitrogens with zero attached hydrogens (tertiary/aromatic N) is 2. The van der Waals surface area contributed by atoms with Gasteiger partial charge in [0.15, 0.2) is 5.75 Å². The van der Waals surface area contributed by atoms with Crippen LogP contribution in [0.15, 0.2) is 12.4 Å². The number of aromatic nitrogens is 2. The molecule has 1 aromatic rings. The molecule has 1 unspecified atom stereocenters. The molecule has 2 heterocycles. The van der Waals surface area contributed by atoms with Crippen LogP contribution < -0.4 is 10.1 Å². The number of ether oxygens (including phenoxy) is 1. The molecule has 0 spiro atoms. The third-order valence-corrected chi connectivity index (χ3v) is 4.07. The third kappa shape index (κ3) is 2.86. The summed E-state index contributed by atoms with van der Waals surface area (Å²) >= 11 is 0. The van der Waals surface area contributed by atoms with E-state index in [-0.39, 0.29) is 6.23 Å². The van der Waals surface area contributed by atoms with Gasteiger partial charge in [-0.3, -0.25) is 10.00 Å². The summed E-state index contributed by atoms with van der Waals surface area (Å²) in [5.41, 5.74) is 0. The summed E-state index contributed by atoms with van der Waals surface area (Å²) in [6, 6.07) is 0.593. The zero-order valence-corrected chi connectivity index (χ0v) is 11.0. The standard InChI is InChI=1S/C14H23N3O/c1-2-6-12(7-3-1)17-11-13(10-16-17)18-14-8-4-5-9-15-14/h10-12,14-15H,1-9H2. The minimum atomic E-state index is 0.183. The highest BCUT2D eigenvalue weighted by Crippen LogP contribution is 2.28. The lowest BCUT2D eigenvalue weighted by Crippen LogP contribution is -2.38. The Balaban J connectivity index is 1.58. The second-order valence-corrected chi connectivity index (χ2v) is 5.50. The molecular formula is C14H23N3O. The fraction of sp³-hybridized carbons (Fsp3) is 0.786. The molecule has 1 aliphatic carbocycles. The van der Waals surface area contributed by atoms with E-state index in [1.54, 1.807) is 0 Å².